The van der Waals surface area contributed by atoms with E-state index in [0.29, 0.717) is 16.3 Å². The van der Waals surface area contributed by atoms with Crippen LogP contribution < -0.4 is 11.2 Å². The number of benzene rings is 2. The summed E-state index contributed by atoms with van der Waals surface area (Å²) in [5.41, 5.74) is -0.184. The zero-order chi connectivity index (χ0) is 26.9. The Balaban J connectivity index is 1.98. The van der Waals surface area contributed by atoms with Crippen molar-refractivity contribution in [2.24, 2.45) is 13.0 Å². The number of thiophene rings is 1. The van der Waals surface area contributed by atoms with Gasteiger partial charge in [-0.1, -0.05) is 56.3 Å². The fourth-order valence-corrected chi connectivity index (χ4v) is 7.98. The van der Waals surface area contributed by atoms with Crippen LogP contribution in [0.3, 0.4) is 0 Å². The quantitative estimate of drug-likeness (QED) is 0.297. The highest BCUT2D eigenvalue weighted by Gasteiger charge is 2.30. The third-order valence-electron chi connectivity index (χ3n) is 6.31. The van der Waals surface area contributed by atoms with Crippen LogP contribution in [0.1, 0.15) is 37.1 Å². The van der Waals surface area contributed by atoms with E-state index < -0.39 is 27.1 Å². The molecule has 0 saturated heterocycles. The van der Waals surface area contributed by atoms with Crippen molar-refractivity contribution >= 4 is 48.1 Å². The third-order valence-corrected chi connectivity index (χ3v) is 9.55. The number of sulfone groups is 1. The van der Waals surface area contributed by atoms with Crippen LogP contribution >= 0.6 is 11.3 Å². The van der Waals surface area contributed by atoms with Crippen molar-refractivity contribution in [3.05, 3.63) is 73.7 Å². The normalized spacial score (nSPS) is 12.0. The lowest BCUT2D eigenvalue weighted by Crippen LogP contribution is -2.38. The monoisotopic (exact) mass is 542 g/mol. The SMILES string of the molecule is COC(=O)CCCS(=O)(=O)c1c(Cc2cccc3ccccc23)sc2c1c(=O)n(C)c(=O)n2CC(C)C. The molecular weight excluding hydrogens is 512 g/mol. The lowest BCUT2D eigenvalue weighted by Gasteiger charge is -2.12. The first-order chi connectivity index (χ1) is 17.5. The summed E-state index contributed by atoms with van der Waals surface area (Å²) in [5, 5.41) is 2.06. The van der Waals surface area contributed by atoms with Gasteiger partial charge < -0.3 is 4.74 Å². The summed E-state index contributed by atoms with van der Waals surface area (Å²) in [6, 6.07) is 13.7. The molecule has 0 unspecified atom stereocenters. The first-order valence-electron chi connectivity index (χ1n) is 12.1. The first-order valence-corrected chi connectivity index (χ1v) is 14.5. The average Bonchev–Trinajstić information content (AvgIpc) is 3.25. The number of carbonyl (C=O) groups is 1. The number of rotatable bonds is 9. The number of esters is 1. The molecule has 0 fully saturated rings. The van der Waals surface area contributed by atoms with Crippen LogP contribution in [-0.4, -0.2) is 36.4 Å². The molecule has 0 aliphatic carbocycles. The molecule has 0 N–H and O–H groups in total. The van der Waals surface area contributed by atoms with Crippen molar-refractivity contribution in [1.82, 2.24) is 9.13 Å². The molecule has 10 heteroatoms. The molecule has 0 aliphatic heterocycles. The van der Waals surface area contributed by atoms with E-state index in [0.717, 1.165) is 20.9 Å². The predicted octanol–water partition coefficient (Wildman–Crippen LogP) is 3.89. The van der Waals surface area contributed by atoms with Gasteiger partial charge in [0.25, 0.3) is 5.56 Å². The van der Waals surface area contributed by atoms with Crippen molar-refractivity contribution in [3.63, 3.8) is 0 Å². The zero-order valence-electron chi connectivity index (χ0n) is 21.3. The maximum atomic E-state index is 13.8. The van der Waals surface area contributed by atoms with Gasteiger partial charge in [0.1, 0.15) is 4.83 Å². The Kier molecular flexibility index (Phi) is 7.70. The van der Waals surface area contributed by atoms with Crippen molar-refractivity contribution < 1.29 is 17.9 Å². The average molecular weight is 543 g/mol. The van der Waals surface area contributed by atoms with Gasteiger partial charge >= 0.3 is 11.7 Å². The van der Waals surface area contributed by atoms with E-state index in [1.807, 2.05) is 56.3 Å². The van der Waals surface area contributed by atoms with Crippen LogP contribution in [0.5, 0.6) is 0 Å². The predicted molar refractivity (Wildman–Crippen MR) is 146 cm³/mol. The highest BCUT2D eigenvalue weighted by molar-refractivity contribution is 7.91. The zero-order valence-corrected chi connectivity index (χ0v) is 22.9. The molecule has 0 radical (unpaired) electrons. The summed E-state index contributed by atoms with van der Waals surface area (Å²) in [5.74, 6) is -0.715. The second-order valence-corrected chi connectivity index (χ2v) is 12.6. The molecule has 2 heterocycles. The topological polar surface area (TPSA) is 104 Å². The van der Waals surface area contributed by atoms with Gasteiger partial charge in [0.15, 0.2) is 9.84 Å². The Hall–Kier alpha value is -3.24. The Morgan fingerprint density at radius 2 is 1.78 bits per heavy atom. The Morgan fingerprint density at radius 3 is 2.49 bits per heavy atom. The number of methoxy groups -OCH3 is 1. The molecule has 37 heavy (non-hydrogen) atoms. The summed E-state index contributed by atoms with van der Waals surface area (Å²) < 4.78 is 34.6. The summed E-state index contributed by atoms with van der Waals surface area (Å²) in [6.45, 7) is 4.26. The summed E-state index contributed by atoms with van der Waals surface area (Å²) in [4.78, 5) is 38.9. The molecule has 4 rings (SSSR count). The van der Waals surface area contributed by atoms with E-state index in [4.69, 9.17) is 0 Å². The van der Waals surface area contributed by atoms with Crippen molar-refractivity contribution in [3.8, 4) is 0 Å². The van der Waals surface area contributed by atoms with Gasteiger partial charge in [-0.05, 0) is 28.7 Å². The fourth-order valence-electron chi connectivity index (χ4n) is 4.55. The molecule has 0 aliphatic rings. The Bertz CT molecular complexity index is 1710. The van der Waals surface area contributed by atoms with E-state index in [2.05, 4.69) is 4.74 Å². The van der Waals surface area contributed by atoms with Crippen molar-refractivity contribution in [2.45, 2.75) is 44.6 Å². The van der Waals surface area contributed by atoms with Crippen LogP contribution in [0, 0.1) is 5.92 Å². The van der Waals surface area contributed by atoms with Gasteiger partial charge in [0.2, 0.25) is 0 Å². The lowest BCUT2D eigenvalue weighted by molar-refractivity contribution is -0.140. The summed E-state index contributed by atoms with van der Waals surface area (Å²) in [7, 11) is -1.35. The number of carbonyl (C=O) groups excluding carboxylic acids is 1. The van der Waals surface area contributed by atoms with Crippen LogP contribution in [0.25, 0.3) is 21.0 Å². The standard InChI is InChI=1S/C27H30N2O6S2/c1-17(2)16-29-26-23(25(31)28(3)27(29)32)24(37(33,34)14-8-13-22(30)35-4)21(36-26)15-19-11-7-10-18-9-5-6-12-20(18)19/h5-7,9-12,17H,8,13-16H2,1-4H3. The molecule has 0 amide bonds. The molecular formula is C27H30N2O6S2. The largest absolute Gasteiger partial charge is 0.469 e. The van der Waals surface area contributed by atoms with Gasteiger partial charge in [-0.3, -0.25) is 18.7 Å². The van der Waals surface area contributed by atoms with Gasteiger partial charge in [-0.15, -0.1) is 11.3 Å². The highest BCUT2D eigenvalue weighted by Crippen LogP contribution is 2.36. The van der Waals surface area contributed by atoms with Crippen molar-refractivity contribution in [2.75, 3.05) is 12.9 Å². The molecule has 4 aromatic rings. The second kappa shape index (κ2) is 10.6. The van der Waals surface area contributed by atoms with E-state index in [9.17, 15) is 22.8 Å². The molecule has 0 spiro atoms. The van der Waals surface area contributed by atoms with Gasteiger partial charge in [-0.2, -0.15) is 0 Å². The molecule has 8 nitrogen and oxygen atoms in total. The molecule has 2 aromatic carbocycles. The minimum Gasteiger partial charge on any atom is -0.469 e. The fraction of sp³-hybridized carbons (Fsp3) is 0.370. The van der Waals surface area contributed by atoms with E-state index in [-0.39, 0.29) is 41.2 Å². The Morgan fingerprint density at radius 1 is 1.08 bits per heavy atom. The molecule has 196 valence electrons. The second-order valence-electron chi connectivity index (χ2n) is 9.50. The highest BCUT2D eigenvalue weighted by atomic mass is 32.2. The lowest BCUT2D eigenvalue weighted by atomic mass is 10.0. The maximum Gasteiger partial charge on any atom is 0.331 e. The number of hydrogen-bond acceptors (Lipinski definition) is 7. The molecule has 0 bridgehead atoms. The minimum atomic E-state index is -3.97. The summed E-state index contributed by atoms with van der Waals surface area (Å²) >= 11 is 1.18. The van der Waals surface area contributed by atoms with E-state index in [1.165, 1.54) is 30.1 Å². The van der Waals surface area contributed by atoms with E-state index in [1.54, 1.807) is 0 Å². The van der Waals surface area contributed by atoms with Gasteiger partial charge in [-0.25, -0.2) is 13.2 Å². The maximum absolute atomic E-state index is 13.8. The molecule has 0 saturated carbocycles. The van der Waals surface area contributed by atoms with Gasteiger partial charge in [0.05, 0.1) is 23.1 Å². The smallest absolute Gasteiger partial charge is 0.331 e. The van der Waals surface area contributed by atoms with Gasteiger partial charge in [0, 0.05) is 31.3 Å². The number of ether oxygens (including phenoxy) is 1. The van der Waals surface area contributed by atoms with Crippen molar-refractivity contribution in [1.29, 1.82) is 0 Å². The molecule has 0 atom stereocenters. The Labute approximate surface area is 219 Å². The minimum absolute atomic E-state index is 0.0385. The summed E-state index contributed by atoms with van der Waals surface area (Å²) in [6.07, 6.45) is 0.295. The van der Waals surface area contributed by atoms with Crippen LogP contribution in [-0.2, 0) is 39.4 Å². The van der Waals surface area contributed by atoms with Crippen LogP contribution in [0.2, 0.25) is 0 Å². The third kappa shape index (κ3) is 5.26. The number of aromatic nitrogens is 2. The van der Waals surface area contributed by atoms with E-state index >= 15 is 0 Å². The van der Waals surface area contributed by atoms with Crippen LogP contribution in [0.15, 0.2) is 56.9 Å². The number of nitrogens with zero attached hydrogens (tertiary/aromatic N) is 2. The number of fused-ring (bicyclic) bond motifs is 2. The first kappa shape index (κ1) is 26.8. The van der Waals surface area contributed by atoms with Crippen LogP contribution in [0.4, 0.5) is 0 Å². The molecule has 2 aromatic heterocycles. The number of hydrogen-bond donors (Lipinski definition) is 0.